The summed E-state index contributed by atoms with van der Waals surface area (Å²) in [6, 6.07) is 11.8. The molecule has 1 aromatic carbocycles. The molecule has 3 rings (SSSR count). The van der Waals surface area contributed by atoms with Crippen LogP contribution in [0.25, 0.3) is 5.65 Å². The van der Waals surface area contributed by atoms with Crippen LogP contribution >= 0.6 is 0 Å². The highest BCUT2D eigenvalue weighted by Gasteiger charge is 2.13. The Hall–Kier alpha value is -3.19. The number of aryl methyl sites for hydroxylation is 1. The zero-order valence-electron chi connectivity index (χ0n) is 16.1. The average Bonchev–Trinajstić information content (AvgIpc) is 2.70. The molecule has 146 valence electrons. The van der Waals surface area contributed by atoms with Crippen LogP contribution in [-0.2, 0) is 22.7 Å². The van der Waals surface area contributed by atoms with E-state index in [4.69, 9.17) is 14.2 Å². The molecule has 0 atom stereocenters. The Bertz CT molecular complexity index is 1060. The van der Waals surface area contributed by atoms with Gasteiger partial charge in [0.25, 0.3) is 5.56 Å². The van der Waals surface area contributed by atoms with Crippen molar-refractivity contribution < 1.29 is 19.0 Å². The van der Waals surface area contributed by atoms with Gasteiger partial charge in [-0.25, -0.2) is 9.78 Å². The molecule has 7 nitrogen and oxygen atoms in total. The zero-order chi connectivity index (χ0) is 20.1. The van der Waals surface area contributed by atoms with E-state index >= 15 is 0 Å². The van der Waals surface area contributed by atoms with Gasteiger partial charge in [-0.3, -0.25) is 9.20 Å². The van der Waals surface area contributed by atoms with Gasteiger partial charge < -0.3 is 14.2 Å². The van der Waals surface area contributed by atoms with Crippen molar-refractivity contribution in [2.75, 3.05) is 13.7 Å². The molecule has 7 heteroatoms. The van der Waals surface area contributed by atoms with Crippen LogP contribution in [0.1, 0.15) is 34.2 Å². The largest absolute Gasteiger partial charge is 0.496 e. The van der Waals surface area contributed by atoms with Crippen molar-refractivity contribution in [1.29, 1.82) is 0 Å². The molecule has 0 fully saturated rings. The maximum atomic E-state index is 12.4. The lowest BCUT2D eigenvalue weighted by atomic mass is 10.1. The third kappa shape index (κ3) is 4.20. The van der Waals surface area contributed by atoms with E-state index in [0.29, 0.717) is 35.9 Å². The molecule has 0 saturated heterocycles. The minimum absolute atomic E-state index is 0.0919. The lowest BCUT2D eigenvalue weighted by Gasteiger charge is -2.11. The molecular weight excluding hydrogens is 360 g/mol. The number of ether oxygens (including phenoxy) is 3. The van der Waals surface area contributed by atoms with Gasteiger partial charge in [0.2, 0.25) is 0 Å². The lowest BCUT2D eigenvalue weighted by Crippen LogP contribution is -2.18. The number of rotatable bonds is 7. The Labute approximate surface area is 162 Å². The van der Waals surface area contributed by atoms with Crippen LogP contribution in [0.15, 0.2) is 47.3 Å². The Kier molecular flexibility index (Phi) is 6.06. The van der Waals surface area contributed by atoms with Gasteiger partial charge >= 0.3 is 5.97 Å². The van der Waals surface area contributed by atoms with E-state index in [1.54, 1.807) is 31.4 Å². The number of nitrogens with zero attached hydrogens (tertiary/aromatic N) is 2. The van der Waals surface area contributed by atoms with Gasteiger partial charge in [0.05, 0.1) is 25.0 Å². The summed E-state index contributed by atoms with van der Waals surface area (Å²) in [5, 5.41) is 0. The quantitative estimate of drug-likeness (QED) is 0.585. The minimum atomic E-state index is -0.508. The van der Waals surface area contributed by atoms with E-state index in [-0.39, 0.29) is 12.2 Å². The van der Waals surface area contributed by atoms with Crippen molar-refractivity contribution in [3.05, 3.63) is 75.3 Å². The van der Waals surface area contributed by atoms with E-state index in [2.05, 4.69) is 4.98 Å². The second-order valence-corrected chi connectivity index (χ2v) is 6.19. The summed E-state index contributed by atoms with van der Waals surface area (Å²) in [6.07, 6.45) is 0. The second-order valence-electron chi connectivity index (χ2n) is 6.19. The Balaban J connectivity index is 1.77. The fraction of sp³-hybridized carbons (Fsp3) is 0.286. The first kappa shape index (κ1) is 19.6. The average molecular weight is 382 g/mol. The molecule has 0 saturated carbocycles. The number of fused-ring (bicyclic) bond motifs is 1. The highest BCUT2D eigenvalue weighted by atomic mass is 16.5. The molecule has 2 heterocycles. The number of hydrogen-bond donors (Lipinski definition) is 0. The molecule has 0 aliphatic heterocycles. The van der Waals surface area contributed by atoms with Gasteiger partial charge in [-0.2, -0.15) is 0 Å². The van der Waals surface area contributed by atoms with Gasteiger partial charge in [-0.05, 0) is 44.2 Å². The molecule has 0 radical (unpaired) electrons. The van der Waals surface area contributed by atoms with Gasteiger partial charge in [-0.1, -0.05) is 6.07 Å². The van der Waals surface area contributed by atoms with Crippen LogP contribution in [0, 0.1) is 6.92 Å². The van der Waals surface area contributed by atoms with Crippen LogP contribution in [0.4, 0.5) is 0 Å². The summed E-state index contributed by atoms with van der Waals surface area (Å²) >= 11 is 0. The smallest absolute Gasteiger partial charge is 0.338 e. The van der Waals surface area contributed by atoms with Crippen molar-refractivity contribution >= 4 is 11.6 Å². The molecular formula is C21H22N2O5. The normalized spacial score (nSPS) is 10.8. The van der Waals surface area contributed by atoms with Gasteiger partial charge in [0, 0.05) is 23.9 Å². The van der Waals surface area contributed by atoms with Gasteiger partial charge in [-0.15, -0.1) is 0 Å². The summed E-state index contributed by atoms with van der Waals surface area (Å²) in [5.41, 5.74) is 2.63. The number of benzene rings is 1. The molecule has 0 bridgehead atoms. The standard InChI is InChI=1S/C21H22N2O5/c1-4-27-12-16-10-15(8-9-18(16)26-3)21(25)28-13-17-11-20(24)23-14(2)6-5-7-19(23)22-17/h5-11H,4,12-13H2,1-3H3. The summed E-state index contributed by atoms with van der Waals surface area (Å²) in [6.45, 7) is 4.53. The van der Waals surface area contributed by atoms with E-state index in [9.17, 15) is 9.59 Å². The number of carbonyl (C=O) groups excluding carboxylic acids is 1. The topological polar surface area (TPSA) is 79.1 Å². The number of esters is 1. The molecule has 0 spiro atoms. The SMILES string of the molecule is CCOCc1cc(C(=O)OCc2cc(=O)n3c(C)cccc3n2)ccc1OC. The first-order valence-electron chi connectivity index (χ1n) is 8.93. The predicted octanol–water partition coefficient (Wildman–Crippen LogP) is 2.91. The maximum absolute atomic E-state index is 12.4. The second kappa shape index (κ2) is 8.67. The summed E-state index contributed by atoms with van der Waals surface area (Å²) < 4.78 is 17.6. The number of aromatic nitrogens is 2. The molecule has 0 unspecified atom stereocenters. The number of hydrogen-bond acceptors (Lipinski definition) is 6. The third-order valence-electron chi connectivity index (χ3n) is 4.26. The van der Waals surface area contributed by atoms with Gasteiger partial charge in [0.15, 0.2) is 0 Å². The molecule has 0 aliphatic carbocycles. The highest BCUT2D eigenvalue weighted by molar-refractivity contribution is 5.89. The van der Waals surface area contributed by atoms with Crippen molar-refractivity contribution in [2.45, 2.75) is 27.1 Å². The minimum Gasteiger partial charge on any atom is -0.496 e. The first-order valence-corrected chi connectivity index (χ1v) is 8.93. The van der Waals surface area contributed by atoms with Crippen LogP contribution in [0.5, 0.6) is 5.75 Å². The van der Waals surface area contributed by atoms with Crippen molar-refractivity contribution in [1.82, 2.24) is 9.38 Å². The fourth-order valence-electron chi connectivity index (χ4n) is 2.89. The molecule has 2 aromatic heterocycles. The first-order chi connectivity index (χ1) is 13.5. The monoisotopic (exact) mass is 382 g/mol. The van der Waals surface area contributed by atoms with Crippen LogP contribution in [-0.4, -0.2) is 29.1 Å². The van der Waals surface area contributed by atoms with Crippen molar-refractivity contribution in [3.8, 4) is 5.75 Å². The highest BCUT2D eigenvalue weighted by Crippen LogP contribution is 2.21. The maximum Gasteiger partial charge on any atom is 0.338 e. The number of pyridine rings is 1. The number of carbonyl (C=O) groups is 1. The van der Waals surface area contributed by atoms with E-state index in [1.807, 2.05) is 26.0 Å². The summed E-state index contributed by atoms with van der Waals surface area (Å²) in [5.74, 6) is 0.135. The Morgan fingerprint density at radius 1 is 1.14 bits per heavy atom. The zero-order valence-corrected chi connectivity index (χ0v) is 16.1. The Morgan fingerprint density at radius 3 is 2.71 bits per heavy atom. The molecule has 0 aliphatic rings. The molecule has 0 amide bonds. The van der Waals surface area contributed by atoms with E-state index in [0.717, 1.165) is 11.3 Å². The van der Waals surface area contributed by atoms with Crippen LogP contribution in [0.3, 0.4) is 0 Å². The lowest BCUT2D eigenvalue weighted by molar-refractivity contribution is 0.0467. The molecule has 28 heavy (non-hydrogen) atoms. The fourth-order valence-corrected chi connectivity index (χ4v) is 2.89. The van der Waals surface area contributed by atoms with Crippen molar-refractivity contribution in [3.63, 3.8) is 0 Å². The molecule has 0 N–H and O–H groups in total. The van der Waals surface area contributed by atoms with E-state index in [1.165, 1.54) is 10.5 Å². The van der Waals surface area contributed by atoms with Crippen LogP contribution < -0.4 is 10.3 Å². The van der Waals surface area contributed by atoms with Crippen molar-refractivity contribution in [2.24, 2.45) is 0 Å². The summed E-state index contributed by atoms with van der Waals surface area (Å²) in [4.78, 5) is 29.1. The molecule has 3 aromatic rings. The Morgan fingerprint density at radius 2 is 1.96 bits per heavy atom. The third-order valence-corrected chi connectivity index (χ3v) is 4.26. The van der Waals surface area contributed by atoms with Crippen LogP contribution in [0.2, 0.25) is 0 Å². The predicted molar refractivity (Wildman–Crippen MR) is 104 cm³/mol. The van der Waals surface area contributed by atoms with Gasteiger partial charge in [0.1, 0.15) is 18.0 Å². The summed E-state index contributed by atoms with van der Waals surface area (Å²) in [7, 11) is 1.56. The number of methoxy groups -OCH3 is 1. The van der Waals surface area contributed by atoms with E-state index < -0.39 is 5.97 Å².